The van der Waals surface area contributed by atoms with Gasteiger partial charge in [0.25, 0.3) is 0 Å². The Balaban J connectivity index is 1.84. The van der Waals surface area contributed by atoms with Gasteiger partial charge >= 0.3 is 6.09 Å². The lowest BCUT2D eigenvalue weighted by Gasteiger charge is -2.34. The largest absolute Gasteiger partial charge is 0.444 e. The monoisotopic (exact) mass is 240 g/mol. The molecule has 2 rings (SSSR count). The molecule has 2 atom stereocenters. The number of amides is 1. The van der Waals surface area contributed by atoms with Crippen LogP contribution in [0.4, 0.5) is 4.79 Å². The van der Waals surface area contributed by atoms with Crippen LogP contribution in [-0.4, -0.2) is 23.8 Å². The Morgan fingerprint density at radius 1 is 1.35 bits per heavy atom. The van der Waals surface area contributed by atoms with Crippen molar-refractivity contribution in [3.05, 3.63) is 0 Å². The fraction of sp³-hybridized carbons (Fsp3) is 0.923. The molecule has 0 aromatic heterocycles. The summed E-state index contributed by atoms with van der Waals surface area (Å²) in [5, 5.41) is 2.96. The summed E-state index contributed by atoms with van der Waals surface area (Å²) in [4.78, 5) is 11.7. The van der Waals surface area contributed by atoms with Gasteiger partial charge in [-0.3, -0.25) is 0 Å². The molecular formula is C13H24N2O2. The van der Waals surface area contributed by atoms with Gasteiger partial charge in [0.2, 0.25) is 0 Å². The number of hydrogen-bond donors (Lipinski definition) is 2. The predicted octanol–water partition coefficient (Wildman–Crippen LogP) is 2.17. The van der Waals surface area contributed by atoms with Gasteiger partial charge in [-0.1, -0.05) is 0 Å². The molecule has 0 aromatic rings. The first kappa shape index (κ1) is 12.7. The first-order chi connectivity index (χ1) is 7.78. The maximum absolute atomic E-state index is 11.7. The van der Waals surface area contributed by atoms with Crippen LogP contribution < -0.4 is 11.1 Å². The van der Waals surface area contributed by atoms with Crippen molar-refractivity contribution in [2.45, 2.75) is 70.6 Å². The molecule has 4 heteroatoms. The maximum atomic E-state index is 11.7. The third kappa shape index (κ3) is 3.60. The molecule has 2 fully saturated rings. The van der Waals surface area contributed by atoms with Crippen molar-refractivity contribution in [3.8, 4) is 0 Å². The summed E-state index contributed by atoms with van der Waals surface area (Å²) in [7, 11) is 0. The number of hydrogen-bond acceptors (Lipinski definition) is 3. The summed E-state index contributed by atoms with van der Waals surface area (Å²) < 4.78 is 5.27. The van der Waals surface area contributed by atoms with E-state index in [2.05, 4.69) is 5.32 Å². The van der Waals surface area contributed by atoms with Crippen LogP contribution in [0.1, 0.15) is 52.9 Å². The third-order valence-electron chi connectivity index (χ3n) is 3.64. The minimum absolute atomic E-state index is 0.191. The van der Waals surface area contributed by atoms with Crippen molar-refractivity contribution in [1.82, 2.24) is 5.32 Å². The molecule has 0 aliphatic heterocycles. The Bertz CT molecular complexity index is 305. The minimum Gasteiger partial charge on any atom is -0.444 e. The minimum atomic E-state index is -0.432. The van der Waals surface area contributed by atoms with E-state index < -0.39 is 5.60 Å². The number of rotatable bonds is 1. The van der Waals surface area contributed by atoms with Gasteiger partial charge in [-0.05, 0) is 58.3 Å². The second-order valence-electron chi connectivity index (χ2n) is 6.75. The fourth-order valence-corrected chi connectivity index (χ4v) is 2.86. The molecule has 1 spiro atoms. The van der Waals surface area contributed by atoms with E-state index in [1.165, 1.54) is 12.8 Å². The molecule has 2 saturated carbocycles. The number of carbonyl (C=O) groups excluding carboxylic acids is 1. The van der Waals surface area contributed by atoms with Crippen LogP contribution in [0.15, 0.2) is 0 Å². The molecule has 17 heavy (non-hydrogen) atoms. The highest BCUT2D eigenvalue weighted by atomic mass is 16.6. The molecule has 0 aromatic carbocycles. The van der Waals surface area contributed by atoms with Gasteiger partial charge in [-0.25, -0.2) is 4.79 Å². The normalized spacial score (nSPS) is 31.1. The van der Waals surface area contributed by atoms with E-state index in [-0.39, 0.29) is 18.2 Å². The van der Waals surface area contributed by atoms with Crippen molar-refractivity contribution in [2.75, 3.05) is 0 Å². The second kappa shape index (κ2) is 4.16. The molecule has 0 radical (unpaired) electrons. The van der Waals surface area contributed by atoms with Crippen molar-refractivity contribution in [2.24, 2.45) is 11.1 Å². The standard InChI is InChI=1S/C13H24N2O2/c1-12(2,3)17-11(16)15-10-6-9(14)7-13(8-10)4-5-13/h9-10H,4-8,14H2,1-3H3,(H,15,16). The Morgan fingerprint density at radius 3 is 2.53 bits per heavy atom. The lowest BCUT2D eigenvalue weighted by molar-refractivity contribution is 0.0478. The van der Waals surface area contributed by atoms with E-state index in [4.69, 9.17) is 10.5 Å². The van der Waals surface area contributed by atoms with E-state index >= 15 is 0 Å². The number of carbonyl (C=O) groups is 1. The van der Waals surface area contributed by atoms with Gasteiger partial charge in [0.05, 0.1) is 0 Å². The summed E-state index contributed by atoms with van der Waals surface area (Å²) >= 11 is 0. The zero-order chi connectivity index (χ0) is 12.7. The van der Waals surface area contributed by atoms with Gasteiger partial charge in [-0.2, -0.15) is 0 Å². The number of nitrogens with one attached hydrogen (secondary N) is 1. The molecule has 98 valence electrons. The van der Waals surface area contributed by atoms with Crippen LogP contribution in [-0.2, 0) is 4.74 Å². The molecule has 0 saturated heterocycles. The number of nitrogens with two attached hydrogens (primary N) is 1. The molecule has 2 aliphatic rings. The Kier molecular flexibility index (Phi) is 3.10. The number of alkyl carbamates (subject to hydrolysis) is 1. The van der Waals surface area contributed by atoms with Crippen LogP contribution in [0.5, 0.6) is 0 Å². The lowest BCUT2D eigenvalue weighted by Crippen LogP contribution is -2.47. The van der Waals surface area contributed by atoms with Gasteiger partial charge in [0.1, 0.15) is 5.60 Å². The van der Waals surface area contributed by atoms with Crippen molar-refractivity contribution in [3.63, 3.8) is 0 Å². The first-order valence-corrected chi connectivity index (χ1v) is 6.53. The average Bonchev–Trinajstić information content (AvgIpc) is 2.78. The van der Waals surface area contributed by atoms with Gasteiger partial charge in [0.15, 0.2) is 0 Å². The third-order valence-corrected chi connectivity index (χ3v) is 3.64. The molecule has 0 bridgehead atoms. The highest BCUT2D eigenvalue weighted by Gasteiger charge is 2.48. The summed E-state index contributed by atoms with van der Waals surface area (Å²) in [6, 6.07) is 0.419. The van der Waals surface area contributed by atoms with Gasteiger partial charge in [-0.15, -0.1) is 0 Å². The molecular weight excluding hydrogens is 216 g/mol. The highest BCUT2D eigenvalue weighted by Crippen LogP contribution is 2.55. The molecule has 2 aliphatic carbocycles. The summed E-state index contributed by atoms with van der Waals surface area (Å²) in [6.45, 7) is 5.63. The van der Waals surface area contributed by atoms with Gasteiger partial charge in [0, 0.05) is 12.1 Å². The van der Waals surface area contributed by atoms with E-state index in [1.807, 2.05) is 20.8 Å². The molecule has 3 N–H and O–H groups in total. The molecule has 1 amide bonds. The van der Waals surface area contributed by atoms with Crippen molar-refractivity contribution >= 4 is 6.09 Å². The number of ether oxygens (including phenoxy) is 1. The van der Waals surface area contributed by atoms with E-state index in [1.54, 1.807) is 0 Å². The van der Waals surface area contributed by atoms with Crippen molar-refractivity contribution in [1.29, 1.82) is 0 Å². The average molecular weight is 240 g/mol. The van der Waals surface area contributed by atoms with Crippen LogP contribution in [0.25, 0.3) is 0 Å². The zero-order valence-corrected chi connectivity index (χ0v) is 11.1. The lowest BCUT2D eigenvalue weighted by atomic mass is 9.80. The first-order valence-electron chi connectivity index (χ1n) is 6.53. The Labute approximate surface area is 103 Å². The SMILES string of the molecule is CC(C)(C)OC(=O)NC1CC(N)CC2(CC2)C1. The van der Waals surface area contributed by atoms with E-state index in [0.717, 1.165) is 19.3 Å². The van der Waals surface area contributed by atoms with Crippen molar-refractivity contribution < 1.29 is 9.53 Å². The topological polar surface area (TPSA) is 64.3 Å². The maximum Gasteiger partial charge on any atom is 0.407 e. The molecule has 2 unspecified atom stereocenters. The quantitative estimate of drug-likeness (QED) is 0.738. The zero-order valence-electron chi connectivity index (χ0n) is 11.1. The summed E-state index contributed by atoms with van der Waals surface area (Å²) in [5.74, 6) is 0. The van der Waals surface area contributed by atoms with E-state index in [9.17, 15) is 4.79 Å². The fourth-order valence-electron chi connectivity index (χ4n) is 2.86. The summed E-state index contributed by atoms with van der Waals surface area (Å²) in [6.07, 6.45) is 5.30. The predicted molar refractivity (Wildman–Crippen MR) is 66.7 cm³/mol. The Morgan fingerprint density at radius 2 is 2.00 bits per heavy atom. The molecule has 4 nitrogen and oxygen atoms in total. The smallest absolute Gasteiger partial charge is 0.407 e. The van der Waals surface area contributed by atoms with Crippen LogP contribution in [0.2, 0.25) is 0 Å². The van der Waals surface area contributed by atoms with Crippen LogP contribution in [0.3, 0.4) is 0 Å². The highest BCUT2D eigenvalue weighted by molar-refractivity contribution is 5.68. The molecule has 0 heterocycles. The van der Waals surface area contributed by atoms with Crippen LogP contribution >= 0.6 is 0 Å². The van der Waals surface area contributed by atoms with Crippen LogP contribution in [0, 0.1) is 5.41 Å². The summed E-state index contributed by atoms with van der Waals surface area (Å²) in [5.41, 5.74) is 6.06. The Hall–Kier alpha value is -0.770. The van der Waals surface area contributed by atoms with E-state index in [0.29, 0.717) is 5.41 Å². The second-order valence-corrected chi connectivity index (χ2v) is 6.75. The van der Waals surface area contributed by atoms with Gasteiger partial charge < -0.3 is 15.8 Å².